The van der Waals surface area contributed by atoms with Crippen molar-refractivity contribution in [2.24, 2.45) is 0 Å². The average molecular weight is 1990 g/mol. The van der Waals surface area contributed by atoms with Crippen LogP contribution in [0.15, 0.2) is 384 Å². The zero-order valence-corrected chi connectivity index (χ0v) is 93.7. The molecule has 9 aliphatic rings. The summed E-state index contributed by atoms with van der Waals surface area (Å²) in [5.41, 5.74) is 47.5. The lowest BCUT2D eigenvalue weighted by Gasteiger charge is -2.44. The Kier molecular flexibility index (Phi) is 25.4. The van der Waals surface area contributed by atoms with Crippen molar-refractivity contribution in [3.8, 4) is 34.5 Å². The number of hydrogen-bond acceptors (Lipinski definition) is 6. The Labute approximate surface area is 889 Å². The van der Waals surface area contributed by atoms with Gasteiger partial charge >= 0.3 is 0 Å². The van der Waals surface area contributed by atoms with Crippen molar-refractivity contribution in [1.82, 2.24) is 0 Å². The summed E-state index contributed by atoms with van der Waals surface area (Å²) in [5.74, 6) is 9.45. The standard InChI is InChI=1S/C47H44BNOSi.C47H50BNOSi.C43H42BNOSi/c1-30(2)34-27-36(31(3)4)47(37(28-34)32(5)6)48-38-16-8-11-19-42(38)50-43-29-35(23-24-39(43)48)49-40-17-9-13-21-45(40)51(46-22-14-10-18-41(46)49)26-25-33-15-7-12-20-44(33)51;1-28(2)35-25-37(29(3)4)47(38(26-35)30(5)6)48-39-17-11-14-20-43(39)50-44-27-36(23-24-40(44)48)49-41-18-12-15-21-45(41)51(46-22-16-13-19-42(46)49)33(9)31(7)32(8)34(51)10;1-28(2)31-25-33(29(3)4)43(34(26-31)30(5)6)44-35-15-7-10-18-39(35)46-40-27-32(21-22-36(40)44)45-37-16-8-11-19-41(37)47(23-13-14-24-47)42-20-12-9-17-38(42)45/h7-32H,1-6H3;11-30H,1-10H3;7-30H,1-6H3. The zero-order chi connectivity index (χ0) is 103. The van der Waals surface area contributed by atoms with E-state index in [1.165, 1.54) is 186 Å². The maximum Gasteiger partial charge on any atom is 0.251 e. The number of hydrogen-bond donors (Lipinski definition) is 0. The van der Waals surface area contributed by atoms with Gasteiger partial charge in [-0.15, -0.1) is 0 Å². The first kappa shape index (κ1) is 98.2. The maximum absolute atomic E-state index is 6.92. The number of fused-ring (bicyclic) bond motifs is 20. The Balaban J connectivity index is 0.000000123. The third-order valence-electron chi connectivity index (χ3n) is 34.4. The molecule has 738 valence electrons. The fourth-order valence-electron chi connectivity index (χ4n) is 26.7. The summed E-state index contributed by atoms with van der Waals surface area (Å²) < 4.78 is 20.7. The number of allylic oxidation sites excluding steroid dienone is 6. The molecule has 0 bridgehead atoms. The normalized spacial score (nSPS) is 15.3. The molecular formula is C137H136B3N3O3Si3. The molecule has 0 radical (unpaired) electrons. The van der Waals surface area contributed by atoms with Gasteiger partial charge in [-0.2, -0.15) is 0 Å². The van der Waals surface area contributed by atoms with Gasteiger partial charge < -0.3 is 28.9 Å². The quantitative estimate of drug-likeness (QED) is 0.0953. The first-order chi connectivity index (χ1) is 72.0. The van der Waals surface area contributed by atoms with E-state index in [4.69, 9.17) is 14.2 Å². The number of anilines is 9. The lowest BCUT2D eigenvalue weighted by Crippen LogP contribution is -2.68. The lowest BCUT2D eigenvalue weighted by atomic mass is 9.34. The molecule has 16 aromatic carbocycles. The van der Waals surface area contributed by atoms with Crippen LogP contribution >= 0.6 is 0 Å². The Hall–Kier alpha value is -14.1. The van der Waals surface area contributed by atoms with Crippen LogP contribution in [0.3, 0.4) is 0 Å². The fourth-order valence-corrected chi connectivity index (χ4v) is 41.2. The molecule has 0 aliphatic carbocycles. The Bertz CT molecular complexity index is 8000. The molecule has 9 aliphatic heterocycles. The molecule has 0 atom stereocenters. The van der Waals surface area contributed by atoms with Gasteiger partial charge in [0.05, 0.1) is 0 Å². The van der Waals surface area contributed by atoms with Gasteiger partial charge in [-0.3, -0.25) is 0 Å². The van der Waals surface area contributed by atoms with Crippen molar-refractivity contribution >= 4 is 187 Å². The molecule has 0 saturated heterocycles. The highest BCUT2D eigenvalue weighted by Crippen LogP contribution is 2.51. The molecule has 0 saturated carbocycles. The van der Waals surface area contributed by atoms with Gasteiger partial charge in [0.1, 0.15) is 34.5 Å². The molecule has 0 unspecified atom stereocenters. The van der Waals surface area contributed by atoms with E-state index in [1.807, 2.05) is 0 Å². The minimum absolute atomic E-state index is 0.0757. The Morgan fingerprint density at radius 1 is 0.228 bits per heavy atom. The molecule has 16 aromatic rings. The van der Waals surface area contributed by atoms with E-state index < -0.39 is 24.2 Å². The molecule has 3 spiro atoms. The predicted octanol–water partition coefficient (Wildman–Crippen LogP) is 26.5. The van der Waals surface area contributed by atoms with E-state index in [9.17, 15) is 0 Å². The number of rotatable bonds is 15. The summed E-state index contributed by atoms with van der Waals surface area (Å²) in [6, 6.07) is 126. The molecular weight excluding hydrogens is 1850 g/mol. The predicted molar refractivity (Wildman–Crippen MR) is 648 cm³/mol. The van der Waals surface area contributed by atoms with Gasteiger partial charge in [0.25, 0.3) is 20.1 Å². The van der Waals surface area contributed by atoms with Gasteiger partial charge in [0, 0.05) is 69.4 Å². The summed E-state index contributed by atoms with van der Waals surface area (Å²) in [6.07, 6.45) is 6.84. The SMILES string of the molecule is CC(C)c1cc(C(C)C)c(B2c3ccccc3Oc3cc(N4c5ccccc5[Si]5(C=CC=C5)c5ccccc54)ccc32)c(C(C)C)c1.CC(C)c1cc(C(C)C)c(B2c3ccccc3Oc3cc(N4c5ccccc5[Si]5(C=Cc6ccccc65)c5ccccc54)ccc32)c(C(C)C)c1.CC1=C(C)[Si]2(C(C)=C1C)c1ccccc1N(c1ccc3c(c1)Oc1ccccc1B3c1c(C(C)C)cc(C(C)C)cc1C(C)C)c1ccccc12. The van der Waals surface area contributed by atoms with Crippen LogP contribution in [0, 0.1) is 0 Å². The number of benzene rings is 16. The van der Waals surface area contributed by atoms with Crippen molar-refractivity contribution in [1.29, 1.82) is 0 Å². The maximum atomic E-state index is 6.92. The lowest BCUT2D eigenvalue weighted by molar-refractivity contribution is 0.487. The molecule has 0 amide bonds. The summed E-state index contributed by atoms with van der Waals surface area (Å²) in [6.45, 7) is 51.8. The smallest absolute Gasteiger partial charge is 0.251 e. The van der Waals surface area contributed by atoms with Crippen LogP contribution in [0.1, 0.15) is 261 Å². The van der Waals surface area contributed by atoms with Crippen molar-refractivity contribution in [2.75, 3.05) is 14.7 Å². The monoisotopic (exact) mass is 1990 g/mol. The van der Waals surface area contributed by atoms with E-state index in [1.54, 1.807) is 10.4 Å². The molecule has 0 aromatic heterocycles. The van der Waals surface area contributed by atoms with Crippen molar-refractivity contribution in [2.45, 2.75) is 206 Å². The fraction of sp³-hybridized carbons (Fsp3) is 0.226. The topological polar surface area (TPSA) is 37.4 Å². The summed E-state index contributed by atoms with van der Waals surface area (Å²) in [5, 5.41) is 13.3. The summed E-state index contributed by atoms with van der Waals surface area (Å²) in [7, 11) is -6.90. The van der Waals surface area contributed by atoms with Crippen molar-refractivity contribution in [3.05, 3.63) is 440 Å². The Morgan fingerprint density at radius 3 is 0.779 bits per heavy atom. The van der Waals surface area contributed by atoms with Crippen LogP contribution < -0.4 is 114 Å². The van der Waals surface area contributed by atoms with Crippen molar-refractivity contribution in [3.63, 3.8) is 0 Å². The van der Waals surface area contributed by atoms with Gasteiger partial charge in [-0.05, 0) is 278 Å². The highest BCUT2D eigenvalue weighted by molar-refractivity contribution is 7.18. The molecule has 25 rings (SSSR count). The molecule has 9 heterocycles. The second-order valence-corrected chi connectivity index (χ2v) is 56.9. The van der Waals surface area contributed by atoms with Crippen LogP contribution in [-0.2, 0) is 0 Å². The van der Waals surface area contributed by atoms with E-state index in [2.05, 4.69) is 536 Å². The summed E-state index contributed by atoms with van der Waals surface area (Å²) >= 11 is 0. The summed E-state index contributed by atoms with van der Waals surface area (Å²) in [4.78, 5) is 7.44. The van der Waals surface area contributed by atoms with E-state index in [-0.39, 0.29) is 20.1 Å². The second kappa shape index (κ2) is 38.5. The van der Waals surface area contributed by atoms with Crippen LogP contribution in [-0.4, -0.2) is 44.4 Å². The average Bonchev–Trinajstić information content (AvgIpc) is 1.54. The molecule has 149 heavy (non-hydrogen) atoms. The third-order valence-corrected chi connectivity index (χ3v) is 48.4. The minimum atomic E-state index is -2.39. The Morgan fingerprint density at radius 2 is 0.477 bits per heavy atom. The first-order valence-electron chi connectivity index (χ1n) is 54.8. The molecule has 0 fully saturated rings. The first-order valence-corrected chi connectivity index (χ1v) is 61.0. The number of nitrogens with zero attached hydrogens (tertiary/aromatic N) is 3. The highest BCUT2D eigenvalue weighted by Gasteiger charge is 2.55. The molecule has 12 heteroatoms. The largest absolute Gasteiger partial charge is 0.458 e. The van der Waals surface area contributed by atoms with Gasteiger partial charge in [-0.1, -0.05) is 441 Å². The van der Waals surface area contributed by atoms with Crippen LogP contribution in [0.25, 0.3) is 6.08 Å². The van der Waals surface area contributed by atoms with Crippen molar-refractivity contribution < 1.29 is 14.2 Å². The van der Waals surface area contributed by atoms with Crippen LogP contribution in [0.2, 0.25) is 0 Å². The van der Waals surface area contributed by atoms with E-state index in [0.29, 0.717) is 53.3 Å². The minimum Gasteiger partial charge on any atom is -0.458 e. The highest BCUT2D eigenvalue weighted by atomic mass is 28.3. The van der Waals surface area contributed by atoms with Crippen LogP contribution in [0.5, 0.6) is 34.5 Å². The number of ether oxygens (including phenoxy) is 3. The van der Waals surface area contributed by atoms with E-state index in [0.717, 1.165) is 51.6 Å². The second-order valence-electron chi connectivity index (χ2n) is 45.8. The van der Waals surface area contributed by atoms with E-state index >= 15 is 0 Å². The van der Waals surface area contributed by atoms with Crippen LogP contribution in [0.4, 0.5) is 51.2 Å². The third kappa shape index (κ3) is 15.8. The molecule has 0 N–H and O–H groups in total. The van der Waals surface area contributed by atoms with Gasteiger partial charge in [-0.25, -0.2) is 0 Å². The molecule has 6 nitrogen and oxygen atoms in total. The zero-order valence-electron chi connectivity index (χ0n) is 90.7. The van der Waals surface area contributed by atoms with Gasteiger partial charge in [0.2, 0.25) is 0 Å². The number of para-hydroxylation sites is 9. The van der Waals surface area contributed by atoms with Gasteiger partial charge in [0.15, 0.2) is 24.2 Å².